The summed E-state index contributed by atoms with van der Waals surface area (Å²) < 4.78 is 0. The number of hydrogen-bond donors (Lipinski definition) is 0. The lowest BCUT2D eigenvalue weighted by atomic mass is 9.63. The molecule has 0 nitrogen and oxygen atoms in total. The average Bonchev–Trinajstić information content (AvgIpc) is 2.94. The van der Waals surface area contributed by atoms with Crippen molar-refractivity contribution >= 4 is 6.08 Å². The van der Waals surface area contributed by atoms with Gasteiger partial charge in [0, 0.05) is 5.41 Å². The summed E-state index contributed by atoms with van der Waals surface area (Å²) in [6.07, 6.45) is 38.3. The van der Waals surface area contributed by atoms with Crippen LogP contribution in [-0.4, -0.2) is 0 Å². The van der Waals surface area contributed by atoms with Crippen molar-refractivity contribution in [1.29, 1.82) is 0 Å². The van der Waals surface area contributed by atoms with Crippen molar-refractivity contribution in [2.75, 3.05) is 0 Å². The molecule has 0 radical (unpaired) electrons. The van der Waals surface area contributed by atoms with Crippen LogP contribution < -0.4 is 0 Å². The van der Waals surface area contributed by atoms with E-state index in [2.05, 4.69) is 166 Å². The zero-order valence-electron chi connectivity index (χ0n) is 22.9. The highest BCUT2D eigenvalue weighted by molar-refractivity contribution is 5.69. The molecule has 3 aliphatic carbocycles. The van der Waals surface area contributed by atoms with E-state index in [0.717, 1.165) is 6.42 Å². The Hall–Kier alpha value is -4.42. The Labute approximate surface area is 234 Å². The molecule has 0 aliphatic heterocycles. The van der Waals surface area contributed by atoms with Gasteiger partial charge in [0.2, 0.25) is 0 Å². The maximum Gasteiger partial charge on any atom is 0.0240 e. The minimum Gasteiger partial charge on any atom is -0.0990 e. The van der Waals surface area contributed by atoms with Gasteiger partial charge >= 0.3 is 0 Å². The molecule has 0 N–H and O–H groups in total. The smallest absolute Gasteiger partial charge is 0.0240 e. The molecule has 2 bridgehead atoms. The summed E-state index contributed by atoms with van der Waals surface area (Å²) in [6.45, 7) is 8.50. The summed E-state index contributed by atoms with van der Waals surface area (Å²) in [7, 11) is 0. The Morgan fingerprint density at radius 3 is 2.18 bits per heavy atom. The van der Waals surface area contributed by atoms with E-state index in [-0.39, 0.29) is 5.41 Å². The summed E-state index contributed by atoms with van der Waals surface area (Å²) in [6, 6.07) is 17.4. The molecule has 2 aromatic rings. The third-order valence-electron chi connectivity index (χ3n) is 7.91. The first-order valence-corrected chi connectivity index (χ1v) is 13.8. The monoisotopic (exact) mass is 504 g/mol. The molecule has 2 aromatic carbocycles. The third-order valence-corrected chi connectivity index (χ3v) is 7.91. The van der Waals surface area contributed by atoms with E-state index < -0.39 is 0 Å². The van der Waals surface area contributed by atoms with Crippen LogP contribution in [0.4, 0.5) is 0 Å². The van der Waals surface area contributed by atoms with Crippen molar-refractivity contribution in [2.45, 2.75) is 20.3 Å². The number of allylic oxidation sites excluding steroid dienone is 20. The lowest BCUT2D eigenvalue weighted by Gasteiger charge is -2.40. The van der Waals surface area contributed by atoms with Crippen molar-refractivity contribution in [3.8, 4) is 11.1 Å². The van der Waals surface area contributed by atoms with Crippen LogP contribution >= 0.6 is 0 Å². The van der Waals surface area contributed by atoms with Gasteiger partial charge in [0.25, 0.3) is 0 Å². The van der Waals surface area contributed by atoms with E-state index in [1.165, 1.54) is 44.5 Å². The van der Waals surface area contributed by atoms with Crippen LogP contribution in [0.15, 0.2) is 175 Å². The summed E-state index contributed by atoms with van der Waals surface area (Å²) >= 11 is 0. The van der Waals surface area contributed by atoms with Gasteiger partial charge in [-0.05, 0) is 64.3 Å². The molecule has 1 atom stereocenters. The van der Waals surface area contributed by atoms with Crippen LogP contribution in [0, 0.1) is 18.3 Å². The number of fused-ring (bicyclic) bond motifs is 2. The predicted octanol–water partition coefficient (Wildman–Crippen LogP) is 10.4. The topological polar surface area (TPSA) is 0 Å². The zero-order valence-corrected chi connectivity index (χ0v) is 22.9. The fourth-order valence-electron chi connectivity index (χ4n) is 5.63. The van der Waals surface area contributed by atoms with Crippen molar-refractivity contribution < 1.29 is 0 Å². The van der Waals surface area contributed by atoms with E-state index in [0.29, 0.717) is 5.92 Å². The number of aryl methyl sites for hydroxylation is 1. The molecular formula is C39H36. The second-order valence-electron chi connectivity index (χ2n) is 10.5. The average molecular weight is 505 g/mol. The van der Waals surface area contributed by atoms with E-state index >= 15 is 0 Å². The molecule has 0 amide bonds. The largest absolute Gasteiger partial charge is 0.0990 e. The maximum atomic E-state index is 3.98. The quantitative estimate of drug-likeness (QED) is 0.343. The van der Waals surface area contributed by atoms with E-state index in [1.54, 1.807) is 0 Å². The van der Waals surface area contributed by atoms with Crippen molar-refractivity contribution in [3.63, 3.8) is 0 Å². The molecule has 0 spiro atoms. The Bertz CT molecular complexity index is 1510. The Kier molecular flexibility index (Phi) is 8.04. The van der Waals surface area contributed by atoms with E-state index in [4.69, 9.17) is 0 Å². The fraction of sp³-hybridized carbons (Fsp3) is 0.128. The Balaban J connectivity index is 1.39. The summed E-state index contributed by atoms with van der Waals surface area (Å²) in [5.41, 5.74) is 9.89. The van der Waals surface area contributed by atoms with Gasteiger partial charge in [-0.2, -0.15) is 0 Å². The normalized spacial score (nSPS) is 28.4. The van der Waals surface area contributed by atoms with Gasteiger partial charge in [0.1, 0.15) is 0 Å². The molecule has 0 saturated heterocycles. The third kappa shape index (κ3) is 5.86. The van der Waals surface area contributed by atoms with Crippen LogP contribution in [0.1, 0.15) is 24.5 Å². The highest BCUT2D eigenvalue weighted by atomic mass is 14.4. The van der Waals surface area contributed by atoms with E-state index in [1.807, 2.05) is 6.08 Å². The summed E-state index contributed by atoms with van der Waals surface area (Å²) in [5.74, 6) is 0.353. The first-order valence-electron chi connectivity index (χ1n) is 13.8. The second-order valence-corrected chi connectivity index (χ2v) is 10.5. The standard InChI is InChI=1S/C39H36/c1-4-13-32(23-22-31-15-12-17-35(29-31)34-16-11-14-30(2)28-34)33-24-26-38(27-25-33)39(3)36-18-7-5-8-19-37(39)21-10-6-9-20-36/h4-26,28-29,38H,1,27H2,2-3H3/b7-5-,8-5?,9-6?,10-6-,18-7?,19-8-,20-9-,21-10?,23-22?,32-13+,36-18-,36-20?,37-19?,37-21-. The molecule has 3 aliphatic rings. The fourth-order valence-corrected chi connectivity index (χ4v) is 5.63. The molecule has 0 aromatic heterocycles. The molecule has 0 saturated carbocycles. The highest BCUT2D eigenvalue weighted by Gasteiger charge is 2.38. The summed E-state index contributed by atoms with van der Waals surface area (Å²) in [4.78, 5) is 0. The van der Waals surface area contributed by atoms with Crippen molar-refractivity contribution in [3.05, 3.63) is 186 Å². The predicted molar refractivity (Wildman–Crippen MR) is 170 cm³/mol. The molecule has 0 heterocycles. The first-order chi connectivity index (χ1) is 19.1. The van der Waals surface area contributed by atoms with Gasteiger partial charge in [0.05, 0.1) is 0 Å². The highest BCUT2D eigenvalue weighted by Crippen LogP contribution is 2.48. The molecule has 0 heteroatoms. The second kappa shape index (κ2) is 12.0. The van der Waals surface area contributed by atoms with E-state index in [9.17, 15) is 0 Å². The number of rotatable bonds is 6. The molecule has 1 unspecified atom stereocenters. The number of benzene rings is 2. The lowest BCUT2D eigenvalue weighted by molar-refractivity contribution is 0.360. The van der Waals surface area contributed by atoms with Crippen LogP contribution in [0.2, 0.25) is 0 Å². The zero-order chi connectivity index (χ0) is 27.1. The van der Waals surface area contributed by atoms with Gasteiger partial charge in [-0.1, -0.05) is 165 Å². The first kappa shape index (κ1) is 26.2. The lowest BCUT2D eigenvalue weighted by Crippen LogP contribution is -2.31. The van der Waals surface area contributed by atoms with Gasteiger partial charge in [-0.25, -0.2) is 0 Å². The van der Waals surface area contributed by atoms with Crippen LogP contribution in [-0.2, 0) is 0 Å². The van der Waals surface area contributed by atoms with Gasteiger partial charge < -0.3 is 0 Å². The molecule has 192 valence electrons. The molecule has 0 fully saturated rings. The summed E-state index contributed by atoms with van der Waals surface area (Å²) in [5, 5.41) is 0. The molecular weight excluding hydrogens is 468 g/mol. The van der Waals surface area contributed by atoms with Crippen molar-refractivity contribution in [1.82, 2.24) is 0 Å². The number of hydrogen-bond acceptors (Lipinski definition) is 0. The SMILES string of the molecule is C=C/C=C(\C=Cc1cccc(-c2cccc(C)c2)c1)C1=CCC(C2(C)C3=C\C=C/C=C\C2=C\C=C/C=C\3)C=C1. The minimum atomic E-state index is -0.116. The van der Waals surface area contributed by atoms with Gasteiger partial charge in [-0.3, -0.25) is 0 Å². The van der Waals surface area contributed by atoms with Gasteiger partial charge in [-0.15, -0.1) is 0 Å². The Morgan fingerprint density at radius 2 is 1.54 bits per heavy atom. The minimum absolute atomic E-state index is 0.116. The van der Waals surface area contributed by atoms with Crippen molar-refractivity contribution in [2.24, 2.45) is 11.3 Å². The molecule has 5 rings (SSSR count). The maximum absolute atomic E-state index is 3.98. The van der Waals surface area contributed by atoms with Crippen LogP contribution in [0.3, 0.4) is 0 Å². The Morgan fingerprint density at radius 1 is 0.846 bits per heavy atom. The van der Waals surface area contributed by atoms with Gasteiger partial charge in [0.15, 0.2) is 0 Å². The molecule has 39 heavy (non-hydrogen) atoms. The van der Waals surface area contributed by atoms with Crippen LogP contribution in [0.5, 0.6) is 0 Å². The van der Waals surface area contributed by atoms with Crippen LogP contribution in [0.25, 0.3) is 17.2 Å².